The summed E-state index contributed by atoms with van der Waals surface area (Å²) >= 11 is 0. The molecule has 2 aromatic rings. The maximum atomic E-state index is 11.4. The van der Waals surface area contributed by atoms with Gasteiger partial charge in [-0.3, -0.25) is 4.90 Å². The molecule has 1 heterocycles. The van der Waals surface area contributed by atoms with Crippen molar-refractivity contribution in [2.45, 2.75) is 57.9 Å². The summed E-state index contributed by atoms with van der Waals surface area (Å²) in [5.74, 6) is 0.197. The maximum Gasteiger partial charge on any atom is 0.439 e. The first kappa shape index (κ1) is 28.2. The number of benzene rings is 1. The highest BCUT2D eigenvalue weighted by Gasteiger charge is 2.37. The molecule has 0 radical (unpaired) electrons. The van der Waals surface area contributed by atoms with Gasteiger partial charge in [0.05, 0.1) is 20.8 Å². The predicted octanol–water partition coefficient (Wildman–Crippen LogP) is 3.98. The molecule has 0 amide bonds. The minimum atomic E-state index is -2.36. The zero-order valence-corrected chi connectivity index (χ0v) is 22.2. The van der Waals surface area contributed by atoms with Gasteiger partial charge in [-0.1, -0.05) is 19.9 Å². The number of methoxy groups -OCH3 is 2. The van der Waals surface area contributed by atoms with E-state index in [-0.39, 0.29) is 11.6 Å². The lowest BCUT2D eigenvalue weighted by molar-refractivity contribution is -0.403. The monoisotopic (exact) mass is 509 g/mol. The number of hydrogen-bond donors (Lipinski definition) is 1. The minimum absolute atomic E-state index is 0.152. The highest BCUT2D eigenvalue weighted by Crippen LogP contribution is 2.39. The van der Waals surface area contributed by atoms with Gasteiger partial charge in [0.1, 0.15) is 11.5 Å². The number of imidazole rings is 1. The van der Waals surface area contributed by atoms with E-state index in [4.69, 9.17) is 9.47 Å². The Kier molecular flexibility index (Phi) is 9.35. The SMILES string of the molecule is COc1ccc(CN(CCCC(C)(C)[Si](C)(C)O)CCn2cc([N+](=O)[O-])nc2[N+](=O)[O-])c(OC)c1. The highest BCUT2D eigenvalue weighted by atomic mass is 28.4. The molecule has 0 aliphatic carbocycles. The summed E-state index contributed by atoms with van der Waals surface area (Å²) in [6.07, 6.45) is 2.71. The molecule has 0 spiro atoms. The molecule has 1 aromatic carbocycles. The van der Waals surface area contributed by atoms with Crippen molar-refractivity contribution >= 4 is 20.1 Å². The van der Waals surface area contributed by atoms with Crippen LogP contribution in [0.5, 0.6) is 11.5 Å². The largest absolute Gasteiger partial charge is 0.497 e. The van der Waals surface area contributed by atoms with Gasteiger partial charge in [-0.05, 0) is 58.4 Å². The normalized spacial score (nSPS) is 12.1. The van der Waals surface area contributed by atoms with Crippen LogP contribution in [0.3, 0.4) is 0 Å². The van der Waals surface area contributed by atoms with Gasteiger partial charge in [-0.2, -0.15) is 0 Å². The van der Waals surface area contributed by atoms with E-state index in [0.29, 0.717) is 31.1 Å². The van der Waals surface area contributed by atoms with Gasteiger partial charge in [0.2, 0.25) is 0 Å². The Morgan fingerprint density at radius 1 is 1.14 bits per heavy atom. The number of aromatic nitrogens is 2. The molecule has 35 heavy (non-hydrogen) atoms. The van der Waals surface area contributed by atoms with Crippen molar-refractivity contribution in [1.82, 2.24) is 14.5 Å². The molecule has 2 rings (SSSR count). The lowest BCUT2D eigenvalue weighted by Crippen LogP contribution is -2.39. The van der Waals surface area contributed by atoms with Crippen LogP contribution in [0.1, 0.15) is 32.3 Å². The molecule has 13 heteroatoms. The number of nitrogens with zero attached hydrogens (tertiary/aromatic N) is 5. The van der Waals surface area contributed by atoms with Gasteiger partial charge in [-0.25, -0.2) is 4.57 Å². The van der Waals surface area contributed by atoms with Gasteiger partial charge in [0.25, 0.3) is 0 Å². The number of nitro groups is 2. The third-order valence-corrected chi connectivity index (χ3v) is 10.1. The Morgan fingerprint density at radius 2 is 1.83 bits per heavy atom. The fourth-order valence-corrected chi connectivity index (χ4v) is 4.37. The molecule has 0 unspecified atom stereocenters. The van der Waals surface area contributed by atoms with Crippen molar-refractivity contribution in [3.8, 4) is 11.5 Å². The average Bonchev–Trinajstić information content (AvgIpc) is 3.21. The second kappa shape index (κ2) is 11.6. The van der Waals surface area contributed by atoms with Crippen molar-refractivity contribution in [3.63, 3.8) is 0 Å². The fourth-order valence-electron chi connectivity index (χ4n) is 3.58. The van der Waals surface area contributed by atoms with Gasteiger partial charge in [-0.15, -0.1) is 0 Å². The Labute approximate surface area is 205 Å². The molecule has 0 saturated carbocycles. The van der Waals surface area contributed by atoms with Crippen molar-refractivity contribution in [2.24, 2.45) is 0 Å². The second-order valence-electron chi connectivity index (χ2n) is 9.61. The van der Waals surface area contributed by atoms with Gasteiger partial charge < -0.3 is 34.5 Å². The highest BCUT2D eigenvalue weighted by molar-refractivity contribution is 6.72. The van der Waals surface area contributed by atoms with Gasteiger partial charge in [0, 0.05) is 24.7 Å². The average molecular weight is 510 g/mol. The first-order valence-electron chi connectivity index (χ1n) is 11.3. The van der Waals surface area contributed by atoms with E-state index in [2.05, 4.69) is 23.7 Å². The molecular weight excluding hydrogens is 474 g/mol. The Balaban J connectivity index is 2.24. The first-order chi connectivity index (χ1) is 16.3. The Bertz CT molecular complexity index is 1040. The van der Waals surface area contributed by atoms with Crippen LogP contribution in [0, 0.1) is 20.2 Å². The summed E-state index contributed by atoms with van der Waals surface area (Å²) in [7, 11) is 0.792. The Morgan fingerprint density at radius 3 is 2.37 bits per heavy atom. The van der Waals surface area contributed by atoms with E-state index in [1.807, 2.05) is 25.2 Å². The molecule has 0 atom stereocenters. The van der Waals surface area contributed by atoms with Crippen LogP contribution in [-0.2, 0) is 13.1 Å². The molecule has 0 aliphatic rings. The molecule has 0 saturated heterocycles. The molecule has 0 bridgehead atoms. The number of ether oxygens (including phenoxy) is 2. The Hall–Kier alpha value is -3.03. The van der Waals surface area contributed by atoms with Crippen LogP contribution < -0.4 is 9.47 Å². The standard InChI is InChI=1S/C22H35N5O7Si/c1-22(2,35(5,6)32)10-7-11-24(15-17-8-9-18(33-3)14-19(17)34-4)12-13-25-16-20(26(28)29)23-21(25)27(30)31/h8-9,14,16,32H,7,10-13,15H2,1-6H3. The summed E-state index contributed by atoms with van der Waals surface area (Å²) in [5, 5.41) is 22.2. The van der Waals surface area contributed by atoms with E-state index >= 15 is 0 Å². The smallest absolute Gasteiger partial charge is 0.439 e. The summed E-state index contributed by atoms with van der Waals surface area (Å²) in [6, 6.07) is 5.53. The summed E-state index contributed by atoms with van der Waals surface area (Å²) in [5.41, 5.74) is 0.913. The van der Waals surface area contributed by atoms with E-state index in [0.717, 1.165) is 24.6 Å². The summed E-state index contributed by atoms with van der Waals surface area (Å²) < 4.78 is 12.0. The molecule has 12 nitrogen and oxygen atoms in total. The van der Waals surface area contributed by atoms with Crippen molar-refractivity contribution < 1.29 is 24.1 Å². The summed E-state index contributed by atoms with van der Waals surface area (Å²) in [6.45, 7) is 9.71. The zero-order chi connectivity index (χ0) is 26.4. The van der Waals surface area contributed by atoms with E-state index in [1.165, 1.54) is 4.57 Å². The van der Waals surface area contributed by atoms with E-state index in [1.54, 1.807) is 20.3 Å². The van der Waals surface area contributed by atoms with E-state index < -0.39 is 29.9 Å². The topological polar surface area (TPSA) is 146 Å². The fraction of sp³-hybridized carbons (Fsp3) is 0.591. The quantitative estimate of drug-likeness (QED) is 0.227. The van der Waals surface area contributed by atoms with Crippen LogP contribution in [-0.4, -0.2) is 64.7 Å². The third kappa shape index (κ3) is 7.47. The van der Waals surface area contributed by atoms with E-state index in [9.17, 15) is 25.0 Å². The molecular formula is C22H35N5O7Si. The van der Waals surface area contributed by atoms with Crippen molar-refractivity contribution in [2.75, 3.05) is 27.3 Å². The van der Waals surface area contributed by atoms with Crippen LogP contribution in [0.15, 0.2) is 24.4 Å². The zero-order valence-electron chi connectivity index (χ0n) is 21.2. The van der Waals surface area contributed by atoms with Crippen molar-refractivity contribution in [1.29, 1.82) is 0 Å². The van der Waals surface area contributed by atoms with Crippen molar-refractivity contribution in [3.05, 3.63) is 50.2 Å². The second-order valence-corrected chi connectivity index (χ2v) is 14.1. The maximum absolute atomic E-state index is 11.4. The van der Waals surface area contributed by atoms with Gasteiger partial charge >= 0.3 is 11.8 Å². The molecule has 0 fully saturated rings. The summed E-state index contributed by atoms with van der Waals surface area (Å²) in [4.78, 5) is 37.2. The van der Waals surface area contributed by atoms with Crippen LogP contribution in [0.2, 0.25) is 18.1 Å². The lowest BCUT2D eigenvalue weighted by atomic mass is 10.1. The van der Waals surface area contributed by atoms with Gasteiger partial charge in [0.15, 0.2) is 14.5 Å². The van der Waals surface area contributed by atoms with Crippen LogP contribution in [0.4, 0.5) is 11.8 Å². The molecule has 0 aliphatic heterocycles. The van der Waals surface area contributed by atoms with Crippen LogP contribution in [0.25, 0.3) is 0 Å². The third-order valence-electron chi connectivity index (χ3n) is 6.57. The predicted molar refractivity (Wildman–Crippen MR) is 133 cm³/mol. The lowest BCUT2D eigenvalue weighted by Gasteiger charge is -2.35. The molecule has 194 valence electrons. The minimum Gasteiger partial charge on any atom is -0.497 e. The van der Waals surface area contributed by atoms with Crippen LogP contribution >= 0.6 is 0 Å². The number of rotatable bonds is 14. The first-order valence-corrected chi connectivity index (χ1v) is 14.3. The number of hydrogen-bond acceptors (Lipinski definition) is 9. The molecule has 1 N–H and O–H groups in total. The molecule has 1 aromatic heterocycles.